The van der Waals surface area contributed by atoms with Gasteiger partial charge in [-0.1, -0.05) is 31.9 Å². The highest BCUT2D eigenvalue weighted by atomic mass is 79.9. The van der Waals surface area contributed by atoms with Gasteiger partial charge in [0.25, 0.3) is 0 Å². The number of nitrogens with zero attached hydrogens (tertiary/aromatic N) is 1. The number of rotatable bonds is 8. The molecular weight excluding hydrogens is 464 g/mol. The van der Waals surface area contributed by atoms with E-state index in [9.17, 15) is 5.11 Å². The first-order valence-corrected chi connectivity index (χ1v) is 10.2. The largest absolute Gasteiger partial charge is 0.391 e. The molecule has 4 N–H and O–H groups in total. The van der Waals surface area contributed by atoms with E-state index in [1.165, 1.54) is 0 Å². The van der Waals surface area contributed by atoms with E-state index >= 15 is 0 Å². The molecule has 3 aromatic rings. The topological polar surface area (TPSA) is 70.1 Å². The van der Waals surface area contributed by atoms with Gasteiger partial charge >= 0.3 is 0 Å². The van der Waals surface area contributed by atoms with Crippen LogP contribution in [-0.2, 0) is 6.54 Å². The van der Waals surface area contributed by atoms with Crippen molar-refractivity contribution in [2.75, 3.05) is 32.8 Å². The molecule has 0 amide bonds. The van der Waals surface area contributed by atoms with Crippen molar-refractivity contribution < 1.29 is 20.2 Å². The van der Waals surface area contributed by atoms with Crippen molar-refractivity contribution in [1.29, 1.82) is 0 Å². The fourth-order valence-electron chi connectivity index (χ4n) is 3.50. The summed E-state index contributed by atoms with van der Waals surface area (Å²) in [6.07, 6.45) is -0.575. The molecule has 1 aromatic heterocycles. The van der Waals surface area contributed by atoms with Crippen molar-refractivity contribution in [2.24, 2.45) is 0 Å². The third kappa shape index (κ3) is 4.30. The van der Waals surface area contributed by atoms with Crippen molar-refractivity contribution in [3.05, 3.63) is 45.3 Å². The van der Waals surface area contributed by atoms with E-state index in [1.54, 1.807) is 0 Å². The molecule has 26 heavy (non-hydrogen) atoms. The summed E-state index contributed by atoms with van der Waals surface area (Å²) in [5.74, 6) is 0. The van der Waals surface area contributed by atoms with Gasteiger partial charge in [0.15, 0.2) is 0 Å². The molecule has 0 radical (unpaired) electrons. The monoisotopic (exact) mass is 485 g/mol. The lowest BCUT2D eigenvalue weighted by Gasteiger charge is -2.21. The van der Waals surface area contributed by atoms with E-state index in [0.717, 1.165) is 35.7 Å². The van der Waals surface area contributed by atoms with E-state index < -0.39 is 6.10 Å². The minimum atomic E-state index is -0.575. The number of benzene rings is 2. The van der Waals surface area contributed by atoms with Crippen molar-refractivity contribution in [3.8, 4) is 0 Å². The molecule has 0 aliphatic heterocycles. The van der Waals surface area contributed by atoms with Crippen LogP contribution in [0.3, 0.4) is 0 Å². The first-order chi connectivity index (χ1) is 12.5. The Morgan fingerprint density at radius 1 is 0.885 bits per heavy atom. The fraction of sp³-hybridized carbons (Fsp3) is 0.368. The number of aliphatic hydroxyl groups is 3. The van der Waals surface area contributed by atoms with Gasteiger partial charge in [-0.15, -0.1) is 0 Å². The van der Waals surface area contributed by atoms with Gasteiger partial charge in [-0.3, -0.25) is 0 Å². The highest BCUT2D eigenvalue weighted by Crippen LogP contribution is 2.33. The van der Waals surface area contributed by atoms with Gasteiger partial charge in [0.2, 0.25) is 0 Å². The zero-order chi connectivity index (χ0) is 18.7. The second kappa shape index (κ2) is 8.82. The number of aromatic nitrogens is 1. The molecule has 0 aliphatic carbocycles. The van der Waals surface area contributed by atoms with E-state index in [-0.39, 0.29) is 13.2 Å². The zero-order valence-electron chi connectivity index (χ0n) is 14.3. The summed E-state index contributed by atoms with van der Waals surface area (Å²) in [5, 5.41) is 31.3. The molecule has 0 saturated heterocycles. The maximum absolute atomic E-state index is 10.6. The Morgan fingerprint density at radius 2 is 1.38 bits per heavy atom. The van der Waals surface area contributed by atoms with Crippen LogP contribution >= 0.6 is 31.9 Å². The van der Waals surface area contributed by atoms with Crippen LogP contribution in [0.5, 0.6) is 0 Å². The smallest absolute Gasteiger partial charge is 0.121 e. The van der Waals surface area contributed by atoms with Gasteiger partial charge < -0.3 is 24.8 Å². The lowest BCUT2D eigenvalue weighted by molar-refractivity contribution is -0.904. The van der Waals surface area contributed by atoms with E-state index in [2.05, 4.69) is 60.7 Å². The first-order valence-electron chi connectivity index (χ1n) is 8.64. The van der Waals surface area contributed by atoms with Crippen LogP contribution in [0.2, 0.25) is 0 Å². The summed E-state index contributed by atoms with van der Waals surface area (Å²) in [7, 11) is 0. The molecule has 0 saturated carbocycles. The molecule has 1 atom stereocenters. The van der Waals surface area contributed by atoms with Gasteiger partial charge in [0.1, 0.15) is 25.7 Å². The lowest BCUT2D eigenvalue weighted by Crippen LogP contribution is -3.14. The molecule has 5 nitrogen and oxygen atoms in total. The van der Waals surface area contributed by atoms with Gasteiger partial charge in [-0.2, -0.15) is 0 Å². The molecule has 140 valence electrons. The van der Waals surface area contributed by atoms with Crippen LogP contribution in [-0.4, -0.2) is 58.8 Å². The fourth-order valence-corrected chi connectivity index (χ4v) is 4.22. The summed E-state index contributed by atoms with van der Waals surface area (Å²) in [4.78, 5) is 0.994. The van der Waals surface area contributed by atoms with Crippen LogP contribution in [0.25, 0.3) is 21.8 Å². The Kier molecular flexibility index (Phi) is 6.71. The standard InChI is InChI=1S/C19H22Br2N2O3/c20-13-1-3-18-16(9-13)17-10-14(21)2-4-19(17)23(18)12-15(26)11-22(5-7-24)6-8-25/h1-4,9-10,15,24-26H,5-8,11-12H2/p+1/t15-/m0/s1. The Bertz CT molecular complexity index is 832. The molecule has 7 heteroatoms. The molecule has 0 fully saturated rings. The van der Waals surface area contributed by atoms with Crippen molar-refractivity contribution >= 4 is 53.7 Å². The normalized spacial score (nSPS) is 13.2. The van der Waals surface area contributed by atoms with Gasteiger partial charge in [0.05, 0.1) is 19.8 Å². The highest BCUT2D eigenvalue weighted by Gasteiger charge is 2.18. The molecule has 0 aliphatic rings. The van der Waals surface area contributed by atoms with Gasteiger partial charge in [0, 0.05) is 30.8 Å². The predicted molar refractivity (Wildman–Crippen MR) is 111 cm³/mol. The van der Waals surface area contributed by atoms with Crippen LogP contribution in [0.4, 0.5) is 0 Å². The van der Waals surface area contributed by atoms with Crippen molar-refractivity contribution in [2.45, 2.75) is 12.6 Å². The zero-order valence-corrected chi connectivity index (χ0v) is 17.5. The Hall–Kier alpha value is -0.960. The van der Waals surface area contributed by atoms with Gasteiger partial charge in [-0.05, 0) is 36.4 Å². The third-order valence-electron chi connectivity index (χ3n) is 4.64. The quantitative estimate of drug-likeness (QED) is 0.390. The predicted octanol–water partition coefficient (Wildman–Crippen LogP) is 1.55. The van der Waals surface area contributed by atoms with Crippen molar-refractivity contribution in [3.63, 3.8) is 0 Å². The maximum Gasteiger partial charge on any atom is 0.121 e. The average Bonchev–Trinajstić information content (AvgIpc) is 2.88. The lowest BCUT2D eigenvalue weighted by atomic mass is 10.2. The number of nitrogens with one attached hydrogen (secondary N) is 1. The van der Waals surface area contributed by atoms with Crippen LogP contribution < -0.4 is 4.90 Å². The third-order valence-corrected chi connectivity index (χ3v) is 5.62. The van der Waals surface area contributed by atoms with Gasteiger partial charge in [-0.25, -0.2) is 0 Å². The molecule has 3 rings (SSSR count). The minimum Gasteiger partial charge on any atom is -0.391 e. The summed E-state index contributed by atoms with van der Waals surface area (Å²) in [6, 6.07) is 12.3. The molecule has 0 spiro atoms. The summed E-state index contributed by atoms with van der Waals surface area (Å²) in [5.41, 5.74) is 2.15. The number of hydrogen-bond acceptors (Lipinski definition) is 3. The molecule has 1 heterocycles. The molecule has 2 aromatic carbocycles. The van der Waals surface area contributed by atoms with E-state index in [4.69, 9.17) is 10.2 Å². The second-order valence-electron chi connectivity index (χ2n) is 6.49. The van der Waals surface area contributed by atoms with Crippen molar-refractivity contribution in [1.82, 2.24) is 4.57 Å². The van der Waals surface area contributed by atoms with Crippen LogP contribution in [0.15, 0.2) is 45.3 Å². The Morgan fingerprint density at radius 3 is 1.85 bits per heavy atom. The molecular formula is C19H23Br2N2O3+. The number of fused-ring (bicyclic) bond motifs is 3. The highest BCUT2D eigenvalue weighted by molar-refractivity contribution is 9.10. The molecule has 0 bridgehead atoms. The number of hydrogen-bond donors (Lipinski definition) is 4. The van der Waals surface area contributed by atoms with E-state index in [0.29, 0.717) is 26.2 Å². The number of halogens is 2. The average molecular weight is 487 g/mol. The SMILES string of the molecule is OCC[NH+](CCO)C[C@H](O)Cn1c2ccc(Br)cc2c2cc(Br)ccc21. The minimum absolute atomic E-state index is 0.0412. The Labute approximate surface area is 169 Å². The maximum atomic E-state index is 10.6. The molecule has 0 unspecified atom stereocenters. The second-order valence-corrected chi connectivity index (χ2v) is 8.32. The first kappa shape index (κ1) is 19.8. The number of quaternary nitrogens is 1. The van der Waals surface area contributed by atoms with Crippen LogP contribution in [0.1, 0.15) is 0 Å². The van der Waals surface area contributed by atoms with E-state index in [1.807, 2.05) is 12.1 Å². The van der Waals surface area contributed by atoms with Crippen LogP contribution in [0, 0.1) is 0 Å². The summed E-state index contributed by atoms with van der Waals surface area (Å²) >= 11 is 7.09. The number of aliphatic hydroxyl groups excluding tert-OH is 3. The Balaban J connectivity index is 1.95. The summed E-state index contributed by atoms with van der Waals surface area (Å²) in [6.45, 7) is 2.06. The summed E-state index contributed by atoms with van der Waals surface area (Å²) < 4.78 is 4.18.